The number of nitrogens with one attached hydrogen (secondary N) is 2. The maximum absolute atomic E-state index is 12.9. The molecule has 1 aliphatic carbocycles. The summed E-state index contributed by atoms with van der Waals surface area (Å²) in [6, 6.07) is 17.5. The summed E-state index contributed by atoms with van der Waals surface area (Å²) in [6.45, 7) is 4.46. The monoisotopic (exact) mass is 473 g/mol. The molecule has 0 fully saturated rings. The topological polar surface area (TPSA) is 91.2 Å². The van der Waals surface area contributed by atoms with Gasteiger partial charge in [-0.15, -0.1) is 0 Å². The number of benzene rings is 2. The number of amides is 1. The van der Waals surface area contributed by atoms with E-state index in [4.69, 9.17) is 4.74 Å². The molecule has 2 aromatic carbocycles. The van der Waals surface area contributed by atoms with Crippen molar-refractivity contribution in [1.82, 2.24) is 5.32 Å². The van der Waals surface area contributed by atoms with Gasteiger partial charge in [-0.25, -0.2) is 0 Å². The Labute approximate surface area is 204 Å². The SMILES string of the molecule is CCOc1ccc([C@H]2C(C#N)=C(SCC(=O)Nc3cccc(C)c3)NC3=C2C(=O)CCC3)cc1. The van der Waals surface area contributed by atoms with Crippen molar-refractivity contribution in [2.45, 2.75) is 39.0 Å². The first-order valence-corrected chi connectivity index (χ1v) is 12.4. The van der Waals surface area contributed by atoms with E-state index in [1.165, 1.54) is 11.8 Å². The van der Waals surface area contributed by atoms with E-state index in [0.717, 1.165) is 41.1 Å². The molecule has 1 amide bonds. The summed E-state index contributed by atoms with van der Waals surface area (Å²) < 4.78 is 5.55. The molecule has 0 spiro atoms. The number of allylic oxidation sites excluding steroid dienone is 3. The first-order valence-electron chi connectivity index (χ1n) is 11.4. The van der Waals surface area contributed by atoms with Gasteiger partial charge in [0.15, 0.2) is 5.78 Å². The number of hydrogen-bond donors (Lipinski definition) is 2. The molecule has 4 rings (SSSR count). The number of carbonyl (C=O) groups is 2. The fraction of sp³-hybridized carbons (Fsp3) is 0.296. The quantitative estimate of drug-likeness (QED) is 0.575. The predicted octanol–water partition coefficient (Wildman–Crippen LogP) is 5.19. The summed E-state index contributed by atoms with van der Waals surface area (Å²) in [4.78, 5) is 25.5. The van der Waals surface area contributed by atoms with Crippen LogP contribution in [0.25, 0.3) is 0 Å². The van der Waals surface area contributed by atoms with Gasteiger partial charge in [-0.05, 0) is 62.1 Å². The Kier molecular flexibility index (Phi) is 7.39. The van der Waals surface area contributed by atoms with Crippen LogP contribution in [0.2, 0.25) is 0 Å². The minimum atomic E-state index is -0.452. The van der Waals surface area contributed by atoms with Gasteiger partial charge < -0.3 is 15.4 Å². The Hall–Kier alpha value is -3.50. The zero-order valence-electron chi connectivity index (χ0n) is 19.3. The normalized spacial score (nSPS) is 17.6. The number of dihydropyridines is 1. The van der Waals surface area contributed by atoms with E-state index in [1.807, 2.05) is 62.4 Å². The number of carbonyl (C=O) groups excluding carboxylic acids is 2. The first-order chi connectivity index (χ1) is 16.5. The maximum Gasteiger partial charge on any atom is 0.234 e. The number of Topliss-reactive ketones (excluding diaryl/α,β-unsaturated/α-hetero) is 1. The molecule has 6 nitrogen and oxygen atoms in total. The van der Waals surface area contributed by atoms with Crippen molar-refractivity contribution in [2.24, 2.45) is 0 Å². The van der Waals surface area contributed by atoms with Gasteiger partial charge in [0.05, 0.1) is 34.9 Å². The zero-order valence-corrected chi connectivity index (χ0v) is 20.1. The summed E-state index contributed by atoms with van der Waals surface area (Å²) >= 11 is 1.29. The number of nitriles is 1. The number of anilines is 1. The van der Waals surface area contributed by atoms with Crippen molar-refractivity contribution < 1.29 is 14.3 Å². The molecule has 0 radical (unpaired) electrons. The van der Waals surface area contributed by atoms with Gasteiger partial charge >= 0.3 is 0 Å². The fourth-order valence-electron chi connectivity index (χ4n) is 4.35. The van der Waals surface area contributed by atoms with Crippen molar-refractivity contribution in [2.75, 3.05) is 17.7 Å². The Balaban J connectivity index is 1.60. The summed E-state index contributed by atoms with van der Waals surface area (Å²) in [7, 11) is 0. The molecule has 2 aliphatic rings. The minimum Gasteiger partial charge on any atom is -0.494 e. The van der Waals surface area contributed by atoms with Crippen LogP contribution in [0.1, 0.15) is 43.2 Å². The van der Waals surface area contributed by atoms with Crippen LogP contribution in [0.15, 0.2) is 70.4 Å². The van der Waals surface area contributed by atoms with Crippen LogP contribution in [0.3, 0.4) is 0 Å². The summed E-state index contributed by atoms with van der Waals surface area (Å²) in [5.74, 6) is 0.357. The van der Waals surface area contributed by atoms with E-state index in [2.05, 4.69) is 16.7 Å². The largest absolute Gasteiger partial charge is 0.494 e. The van der Waals surface area contributed by atoms with Crippen LogP contribution in [0.4, 0.5) is 5.69 Å². The van der Waals surface area contributed by atoms with Crippen molar-refractivity contribution in [3.63, 3.8) is 0 Å². The summed E-state index contributed by atoms with van der Waals surface area (Å²) in [6.07, 6.45) is 2.00. The molecule has 34 heavy (non-hydrogen) atoms. The Morgan fingerprint density at radius 3 is 2.74 bits per heavy atom. The molecule has 0 saturated heterocycles. The summed E-state index contributed by atoms with van der Waals surface area (Å²) in [5.41, 5.74) is 4.66. The van der Waals surface area contributed by atoms with Crippen LogP contribution in [0.5, 0.6) is 5.75 Å². The van der Waals surface area contributed by atoms with Gasteiger partial charge in [-0.2, -0.15) is 5.26 Å². The lowest BCUT2D eigenvalue weighted by molar-refractivity contribution is -0.116. The molecule has 174 valence electrons. The highest BCUT2D eigenvalue weighted by Gasteiger charge is 2.37. The van der Waals surface area contributed by atoms with Crippen LogP contribution in [0, 0.1) is 18.3 Å². The molecular formula is C27H27N3O3S. The lowest BCUT2D eigenvalue weighted by Gasteiger charge is -2.33. The number of ether oxygens (including phenoxy) is 1. The number of nitrogens with zero attached hydrogens (tertiary/aromatic N) is 1. The molecule has 1 heterocycles. The lowest BCUT2D eigenvalue weighted by Crippen LogP contribution is -2.31. The molecule has 2 aromatic rings. The smallest absolute Gasteiger partial charge is 0.234 e. The van der Waals surface area contributed by atoms with Crippen LogP contribution < -0.4 is 15.4 Å². The van der Waals surface area contributed by atoms with E-state index in [9.17, 15) is 14.9 Å². The average molecular weight is 474 g/mol. The van der Waals surface area contributed by atoms with Gasteiger partial charge in [-0.3, -0.25) is 9.59 Å². The molecule has 0 bridgehead atoms. The molecular weight excluding hydrogens is 446 g/mol. The van der Waals surface area contributed by atoms with Gasteiger partial charge in [0.25, 0.3) is 0 Å². The summed E-state index contributed by atoms with van der Waals surface area (Å²) in [5, 5.41) is 17.0. The van der Waals surface area contributed by atoms with Crippen LogP contribution >= 0.6 is 11.8 Å². The number of hydrogen-bond acceptors (Lipinski definition) is 6. The Bertz CT molecular complexity index is 1210. The van der Waals surface area contributed by atoms with Crippen molar-refractivity contribution in [3.05, 3.63) is 81.5 Å². The average Bonchev–Trinajstić information content (AvgIpc) is 2.83. The third kappa shape index (κ3) is 5.18. The number of rotatable bonds is 7. The van der Waals surface area contributed by atoms with Crippen molar-refractivity contribution in [1.29, 1.82) is 5.26 Å². The van der Waals surface area contributed by atoms with E-state index >= 15 is 0 Å². The third-order valence-electron chi connectivity index (χ3n) is 5.84. The fourth-order valence-corrected chi connectivity index (χ4v) is 5.21. The number of aryl methyl sites for hydroxylation is 1. The molecule has 1 aliphatic heterocycles. The Morgan fingerprint density at radius 2 is 2.03 bits per heavy atom. The van der Waals surface area contributed by atoms with Gasteiger partial charge in [0, 0.05) is 23.4 Å². The van der Waals surface area contributed by atoms with E-state index in [0.29, 0.717) is 29.2 Å². The minimum absolute atomic E-state index is 0.0709. The number of thioether (sulfide) groups is 1. The van der Waals surface area contributed by atoms with Gasteiger partial charge in [0.1, 0.15) is 5.75 Å². The molecule has 1 atom stereocenters. The standard InChI is InChI=1S/C27H27N3O3S/c1-3-33-20-12-10-18(11-13-20)25-21(15-28)27(30-22-8-5-9-23(31)26(22)25)34-16-24(32)29-19-7-4-6-17(2)14-19/h4,6-7,10-14,25,30H,3,5,8-9,16H2,1-2H3,(H,29,32)/t25-/m0/s1. The highest BCUT2D eigenvalue weighted by Crippen LogP contribution is 2.44. The first kappa shape index (κ1) is 23.7. The second kappa shape index (κ2) is 10.6. The van der Waals surface area contributed by atoms with Crippen LogP contribution in [-0.2, 0) is 9.59 Å². The van der Waals surface area contributed by atoms with E-state index < -0.39 is 5.92 Å². The highest BCUT2D eigenvalue weighted by molar-refractivity contribution is 8.03. The van der Waals surface area contributed by atoms with E-state index in [-0.39, 0.29) is 17.4 Å². The lowest BCUT2D eigenvalue weighted by atomic mass is 9.77. The van der Waals surface area contributed by atoms with Gasteiger partial charge in [-0.1, -0.05) is 36.0 Å². The third-order valence-corrected chi connectivity index (χ3v) is 6.85. The number of ketones is 1. The van der Waals surface area contributed by atoms with Crippen molar-refractivity contribution >= 4 is 29.1 Å². The second-order valence-electron chi connectivity index (χ2n) is 8.29. The van der Waals surface area contributed by atoms with Crippen LogP contribution in [-0.4, -0.2) is 24.1 Å². The molecule has 2 N–H and O–H groups in total. The van der Waals surface area contributed by atoms with E-state index in [1.54, 1.807) is 0 Å². The predicted molar refractivity (Wildman–Crippen MR) is 134 cm³/mol. The highest BCUT2D eigenvalue weighted by atomic mass is 32.2. The molecule has 0 unspecified atom stereocenters. The zero-order chi connectivity index (χ0) is 24.1. The molecule has 0 aromatic heterocycles. The molecule has 7 heteroatoms. The molecule has 0 saturated carbocycles. The maximum atomic E-state index is 12.9. The van der Waals surface area contributed by atoms with Gasteiger partial charge in [0.2, 0.25) is 5.91 Å². The second-order valence-corrected chi connectivity index (χ2v) is 9.28. The Morgan fingerprint density at radius 1 is 1.24 bits per heavy atom. The van der Waals surface area contributed by atoms with Crippen molar-refractivity contribution in [3.8, 4) is 11.8 Å².